The summed E-state index contributed by atoms with van der Waals surface area (Å²) in [7, 11) is 1.51. The fourth-order valence-electron chi connectivity index (χ4n) is 1.69. The van der Waals surface area contributed by atoms with Crippen molar-refractivity contribution >= 4 is 12.6 Å². The highest BCUT2D eigenvalue weighted by Crippen LogP contribution is 2.22. The first-order valence-corrected chi connectivity index (χ1v) is 5.96. The molecule has 0 aliphatic heterocycles. The van der Waals surface area contributed by atoms with Crippen LogP contribution in [-0.2, 0) is 6.54 Å². The number of thiol groups is 1. The van der Waals surface area contributed by atoms with E-state index in [1.807, 2.05) is 18.4 Å². The number of hydrogen-bond donors (Lipinski definition) is 1. The Balaban J connectivity index is 3.37. The zero-order chi connectivity index (χ0) is 12.3. The van der Waals surface area contributed by atoms with E-state index in [0.29, 0.717) is 10.8 Å². The second kappa shape index (κ2) is 5.43. The highest BCUT2D eigenvalue weighted by atomic mass is 32.1. The zero-order valence-electron chi connectivity index (χ0n) is 10.3. The van der Waals surface area contributed by atoms with E-state index in [2.05, 4.69) is 19.6 Å². The summed E-state index contributed by atoms with van der Waals surface area (Å²) in [5, 5.41) is 0.629. The smallest absolute Gasteiger partial charge is 0.227 e. The summed E-state index contributed by atoms with van der Waals surface area (Å²) in [4.78, 5) is 11.9. The molecular weight excluding hydrogens is 222 g/mol. The van der Waals surface area contributed by atoms with E-state index in [-0.39, 0.29) is 5.43 Å². The van der Waals surface area contributed by atoms with Gasteiger partial charge in [-0.25, -0.2) is 0 Å². The summed E-state index contributed by atoms with van der Waals surface area (Å²) in [5.41, 5.74) is 1.66. The van der Waals surface area contributed by atoms with Crippen LogP contribution in [0, 0.1) is 13.8 Å². The second-order valence-electron chi connectivity index (χ2n) is 3.90. The van der Waals surface area contributed by atoms with Gasteiger partial charge in [0, 0.05) is 17.8 Å². The Kier molecular flexibility index (Phi) is 4.47. The van der Waals surface area contributed by atoms with Gasteiger partial charge in [-0.3, -0.25) is 4.79 Å². The quantitative estimate of drug-likeness (QED) is 0.821. The Morgan fingerprint density at radius 2 is 2.00 bits per heavy atom. The van der Waals surface area contributed by atoms with Crippen LogP contribution in [0.1, 0.15) is 31.0 Å². The van der Waals surface area contributed by atoms with Gasteiger partial charge in [-0.2, -0.15) is 0 Å². The molecule has 0 unspecified atom stereocenters. The summed E-state index contributed by atoms with van der Waals surface area (Å²) < 4.78 is 7.17. The van der Waals surface area contributed by atoms with Crippen LogP contribution in [-0.4, -0.2) is 11.7 Å². The van der Waals surface area contributed by atoms with E-state index in [4.69, 9.17) is 4.74 Å². The van der Waals surface area contributed by atoms with Crippen LogP contribution in [0.5, 0.6) is 5.75 Å². The van der Waals surface area contributed by atoms with Crippen LogP contribution in [0.2, 0.25) is 0 Å². The number of rotatable bonds is 4. The maximum atomic E-state index is 11.9. The second-order valence-corrected chi connectivity index (χ2v) is 4.33. The monoisotopic (exact) mass is 241 g/mol. The minimum absolute atomic E-state index is 0.0576. The Morgan fingerprint density at radius 3 is 2.50 bits per heavy atom. The topological polar surface area (TPSA) is 31.2 Å². The van der Waals surface area contributed by atoms with Crippen LogP contribution >= 0.6 is 12.6 Å². The molecule has 0 spiro atoms. The minimum atomic E-state index is -0.0576. The van der Waals surface area contributed by atoms with E-state index >= 15 is 0 Å². The average Bonchev–Trinajstić information content (AvgIpc) is 2.27. The van der Waals surface area contributed by atoms with E-state index in [0.717, 1.165) is 30.6 Å². The van der Waals surface area contributed by atoms with Crippen molar-refractivity contribution in [1.29, 1.82) is 0 Å². The van der Waals surface area contributed by atoms with Crippen LogP contribution in [0.4, 0.5) is 0 Å². The molecule has 0 aromatic carbocycles. The normalized spacial score (nSPS) is 10.6. The summed E-state index contributed by atoms with van der Waals surface area (Å²) >= 11 is 4.39. The molecular formula is C12H19NO2S. The molecule has 16 heavy (non-hydrogen) atoms. The summed E-state index contributed by atoms with van der Waals surface area (Å²) in [6.07, 6.45) is 2.18. The van der Waals surface area contributed by atoms with Crippen LogP contribution in [0.15, 0.2) is 9.82 Å². The van der Waals surface area contributed by atoms with Crippen molar-refractivity contribution in [3.8, 4) is 5.75 Å². The average molecular weight is 241 g/mol. The largest absolute Gasteiger partial charge is 0.490 e. The lowest BCUT2D eigenvalue weighted by Crippen LogP contribution is -2.19. The third-order valence-electron chi connectivity index (χ3n) is 2.89. The molecule has 1 rings (SSSR count). The lowest BCUT2D eigenvalue weighted by Gasteiger charge is -2.17. The Bertz CT molecular complexity index is 438. The molecule has 0 atom stereocenters. The molecule has 1 aromatic heterocycles. The van der Waals surface area contributed by atoms with Crippen molar-refractivity contribution in [1.82, 2.24) is 4.57 Å². The van der Waals surface area contributed by atoms with Crippen molar-refractivity contribution in [2.24, 2.45) is 0 Å². The first-order chi connectivity index (χ1) is 7.54. The molecule has 0 amide bonds. The predicted octanol–water partition coefficient (Wildman–Crippen LogP) is 2.56. The Labute approximate surface area is 102 Å². The first-order valence-electron chi connectivity index (χ1n) is 5.51. The van der Waals surface area contributed by atoms with Gasteiger partial charge in [0.05, 0.1) is 7.11 Å². The van der Waals surface area contributed by atoms with Crippen molar-refractivity contribution in [3.05, 3.63) is 21.5 Å². The Hall–Kier alpha value is -0.900. The maximum Gasteiger partial charge on any atom is 0.227 e. The molecule has 0 N–H and O–H groups in total. The number of aromatic nitrogens is 1. The fraction of sp³-hybridized carbons (Fsp3) is 0.583. The van der Waals surface area contributed by atoms with Gasteiger partial charge in [-0.15, -0.1) is 12.6 Å². The summed E-state index contributed by atoms with van der Waals surface area (Å²) in [5.74, 6) is 0.350. The van der Waals surface area contributed by atoms with Gasteiger partial charge in [0.25, 0.3) is 0 Å². The van der Waals surface area contributed by atoms with Crippen molar-refractivity contribution in [2.45, 2.75) is 45.2 Å². The minimum Gasteiger partial charge on any atom is -0.490 e. The molecule has 3 nitrogen and oxygen atoms in total. The number of hydrogen-bond acceptors (Lipinski definition) is 3. The van der Waals surface area contributed by atoms with Gasteiger partial charge >= 0.3 is 0 Å². The molecule has 0 saturated heterocycles. The third-order valence-corrected chi connectivity index (χ3v) is 3.34. The van der Waals surface area contributed by atoms with E-state index in [1.54, 1.807) is 0 Å². The number of pyridine rings is 1. The third kappa shape index (κ3) is 2.26. The van der Waals surface area contributed by atoms with Gasteiger partial charge in [0.1, 0.15) is 5.03 Å². The van der Waals surface area contributed by atoms with E-state index < -0.39 is 0 Å². The van der Waals surface area contributed by atoms with Gasteiger partial charge in [-0.1, -0.05) is 13.3 Å². The van der Waals surface area contributed by atoms with Crippen LogP contribution in [0.25, 0.3) is 0 Å². The van der Waals surface area contributed by atoms with Crippen LogP contribution < -0.4 is 10.2 Å². The maximum absolute atomic E-state index is 11.9. The molecule has 0 radical (unpaired) electrons. The van der Waals surface area contributed by atoms with Gasteiger partial charge < -0.3 is 9.30 Å². The van der Waals surface area contributed by atoms with E-state index in [1.165, 1.54) is 7.11 Å². The lowest BCUT2D eigenvalue weighted by atomic mass is 10.2. The van der Waals surface area contributed by atoms with E-state index in [9.17, 15) is 4.79 Å². The van der Waals surface area contributed by atoms with Gasteiger partial charge in [-0.05, 0) is 20.3 Å². The molecule has 1 heterocycles. The molecule has 0 bridgehead atoms. The highest BCUT2D eigenvalue weighted by molar-refractivity contribution is 7.80. The van der Waals surface area contributed by atoms with Crippen molar-refractivity contribution < 1.29 is 4.74 Å². The molecule has 4 heteroatoms. The number of ether oxygens (including phenoxy) is 1. The van der Waals surface area contributed by atoms with Crippen molar-refractivity contribution in [3.63, 3.8) is 0 Å². The highest BCUT2D eigenvalue weighted by Gasteiger charge is 2.14. The number of unbranched alkanes of at least 4 members (excludes halogenated alkanes) is 1. The molecule has 90 valence electrons. The number of nitrogens with zero attached hydrogens (tertiary/aromatic N) is 1. The SMILES string of the molecule is CCCCn1c(C)c(C)c(=O)c(OC)c1S. The molecule has 0 saturated carbocycles. The lowest BCUT2D eigenvalue weighted by molar-refractivity contribution is 0.384. The molecule has 0 aliphatic rings. The summed E-state index contributed by atoms with van der Waals surface area (Å²) in [6, 6.07) is 0. The van der Waals surface area contributed by atoms with Crippen LogP contribution in [0.3, 0.4) is 0 Å². The molecule has 0 fully saturated rings. The number of methoxy groups -OCH3 is 1. The van der Waals surface area contributed by atoms with Crippen molar-refractivity contribution in [2.75, 3.05) is 7.11 Å². The standard InChI is InChI=1S/C12H19NO2S/c1-5-6-7-13-9(3)8(2)10(14)11(15-4)12(13)16/h16H,5-7H2,1-4H3. The molecule has 1 aromatic rings. The predicted molar refractivity (Wildman–Crippen MR) is 68.9 cm³/mol. The summed E-state index contributed by atoms with van der Waals surface area (Å²) in [6.45, 7) is 6.79. The van der Waals surface area contributed by atoms with Gasteiger partial charge in [0.2, 0.25) is 5.43 Å². The molecule has 0 aliphatic carbocycles. The van der Waals surface area contributed by atoms with Gasteiger partial charge in [0.15, 0.2) is 5.75 Å². The Morgan fingerprint density at radius 1 is 1.38 bits per heavy atom. The zero-order valence-corrected chi connectivity index (χ0v) is 11.2. The first kappa shape index (κ1) is 13.2. The fourth-order valence-corrected chi connectivity index (χ4v) is 2.14.